The Labute approximate surface area is 148 Å². The van der Waals surface area contributed by atoms with Gasteiger partial charge < -0.3 is 9.47 Å². The molecule has 1 aromatic heterocycles. The number of likely N-dealkylation sites (N-methyl/N-ethyl adjacent to an activating group) is 1. The summed E-state index contributed by atoms with van der Waals surface area (Å²) >= 11 is 0. The molecule has 138 valence electrons. The SMILES string of the molecule is CCCCCCCCCCc1cnc(C=O)n1CCN(CC)CC. The molecule has 0 aliphatic rings. The molecule has 0 atom stereocenters. The van der Waals surface area contributed by atoms with Gasteiger partial charge in [0.2, 0.25) is 0 Å². The number of aryl methyl sites for hydroxylation is 1. The minimum atomic E-state index is 0.580. The zero-order valence-corrected chi connectivity index (χ0v) is 16.1. The summed E-state index contributed by atoms with van der Waals surface area (Å²) in [6.45, 7) is 10.6. The van der Waals surface area contributed by atoms with Crippen molar-refractivity contribution in [2.24, 2.45) is 0 Å². The Hall–Kier alpha value is -1.16. The number of imidazole rings is 1. The summed E-state index contributed by atoms with van der Waals surface area (Å²) < 4.78 is 2.12. The quantitative estimate of drug-likeness (QED) is 0.344. The summed E-state index contributed by atoms with van der Waals surface area (Å²) in [5.74, 6) is 0.580. The van der Waals surface area contributed by atoms with Crippen molar-refractivity contribution in [1.29, 1.82) is 0 Å². The summed E-state index contributed by atoms with van der Waals surface area (Å²) in [6.07, 6.45) is 14.4. The highest BCUT2D eigenvalue weighted by atomic mass is 16.1. The van der Waals surface area contributed by atoms with Crippen LogP contribution in [0, 0.1) is 0 Å². The summed E-state index contributed by atoms with van der Waals surface area (Å²) in [5.41, 5.74) is 1.22. The topological polar surface area (TPSA) is 38.1 Å². The van der Waals surface area contributed by atoms with Gasteiger partial charge in [-0.25, -0.2) is 4.98 Å². The number of carbonyl (C=O) groups is 1. The van der Waals surface area contributed by atoms with E-state index in [9.17, 15) is 4.79 Å². The van der Waals surface area contributed by atoms with Crippen LogP contribution in [0.5, 0.6) is 0 Å². The van der Waals surface area contributed by atoms with Gasteiger partial charge in [0.15, 0.2) is 12.1 Å². The van der Waals surface area contributed by atoms with Gasteiger partial charge in [0.05, 0.1) is 0 Å². The Morgan fingerprint density at radius 2 is 1.62 bits per heavy atom. The fourth-order valence-electron chi connectivity index (χ4n) is 3.20. The first-order valence-electron chi connectivity index (χ1n) is 9.98. The van der Waals surface area contributed by atoms with Crippen LogP contribution >= 0.6 is 0 Å². The molecular formula is C20H37N3O. The lowest BCUT2D eigenvalue weighted by Crippen LogP contribution is -2.28. The van der Waals surface area contributed by atoms with Crippen molar-refractivity contribution in [3.05, 3.63) is 17.7 Å². The molecule has 1 rings (SSSR count). The molecule has 1 heterocycles. The molecule has 4 nitrogen and oxygen atoms in total. The molecule has 0 bridgehead atoms. The zero-order chi connectivity index (χ0) is 17.6. The van der Waals surface area contributed by atoms with E-state index in [4.69, 9.17) is 0 Å². The van der Waals surface area contributed by atoms with Crippen LogP contribution < -0.4 is 0 Å². The Morgan fingerprint density at radius 1 is 1.00 bits per heavy atom. The van der Waals surface area contributed by atoms with E-state index < -0.39 is 0 Å². The molecule has 24 heavy (non-hydrogen) atoms. The van der Waals surface area contributed by atoms with E-state index in [-0.39, 0.29) is 0 Å². The fourth-order valence-corrected chi connectivity index (χ4v) is 3.20. The second-order valence-electron chi connectivity index (χ2n) is 6.63. The fraction of sp³-hybridized carbons (Fsp3) is 0.800. The van der Waals surface area contributed by atoms with Crippen LogP contribution in [0.4, 0.5) is 0 Å². The number of carbonyl (C=O) groups excluding carboxylic acids is 1. The number of rotatable bonds is 15. The van der Waals surface area contributed by atoms with Crippen molar-refractivity contribution in [1.82, 2.24) is 14.5 Å². The Morgan fingerprint density at radius 3 is 2.21 bits per heavy atom. The molecule has 0 aliphatic carbocycles. The summed E-state index contributed by atoms with van der Waals surface area (Å²) in [7, 11) is 0. The molecule has 0 spiro atoms. The molecule has 0 N–H and O–H groups in total. The van der Waals surface area contributed by atoms with E-state index in [0.29, 0.717) is 5.82 Å². The van der Waals surface area contributed by atoms with Gasteiger partial charge >= 0.3 is 0 Å². The van der Waals surface area contributed by atoms with Crippen molar-refractivity contribution < 1.29 is 4.79 Å². The first-order chi connectivity index (χ1) is 11.8. The average molecular weight is 336 g/mol. The molecular weight excluding hydrogens is 298 g/mol. The van der Waals surface area contributed by atoms with E-state index in [1.165, 1.54) is 57.1 Å². The predicted molar refractivity (Wildman–Crippen MR) is 102 cm³/mol. The van der Waals surface area contributed by atoms with Crippen LogP contribution in [0.1, 0.15) is 88.5 Å². The van der Waals surface area contributed by atoms with Crippen molar-refractivity contribution >= 4 is 6.29 Å². The molecule has 0 amide bonds. The lowest BCUT2D eigenvalue weighted by molar-refractivity contribution is 0.111. The summed E-state index contributed by atoms with van der Waals surface area (Å²) in [6, 6.07) is 0. The van der Waals surface area contributed by atoms with Crippen LogP contribution in [0.2, 0.25) is 0 Å². The Bertz CT molecular complexity index is 438. The maximum Gasteiger partial charge on any atom is 0.185 e. The summed E-state index contributed by atoms with van der Waals surface area (Å²) in [5, 5.41) is 0. The smallest absolute Gasteiger partial charge is 0.185 e. The average Bonchev–Trinajstić information content (AvgIpc) is 3.00. The Balaban J connectivity index is 2.36. The molecule has 4 heteroatoms. The first kappa shape index (κ1) is 20.9. The molecule has 0 radical (unpaired) electrons. The van der Waals surface area contributed by atoms with Crippen LogP contribution in [0.3, 0.4) is 0 Å². The highest BCUT2D eigenvalue weighted by Crippen LogP contribution is 2.13. The second-order valence-corrected chi connectivity index (χ2v) is 6.63. The van der Waals surface area contributed by atoms with E-state index in [1.807, 2.05) is 6.20 Å². The first-order valence-corrected chi connectivity index (χ1v) is 9.98. The molecule has 0 saturated heterocycles. The van der Waals surface area contributed by atoms with Crippen LogP contribution in [0.15, 0.2) is 6.20 Å². The molecule has 1 aromatic rings. The van der Waals surface area contributed by atoms with Gasteiger partial charge in [0.25, 0.3) is 0 Å². The van der Waals surface area contributed by atoms with Crippen LogP contribution in [0.25, 0.3) is 0 Å². The standard InChI is InChI=1S/C20H37N3O/c1-4-7-8-9-10-11-12-13-14-19-17-21-20(18-24)23(19)16-15-22(5-2)6-3/h17-18H,4-16H2,1-3H3. The van der Waals surface area contributed by atoms with Gasteiger partial charge in [-0.15, -0.1) is 0 Å². The molecule has 0 fully saturated rings. The minimum absolute atomic E-state index is 0.580. The van der Waals surface area contributed by atoms with Crippen molar-refractivity contribution in [2.75, 3.05) is 19.6 Å². The van der Waals surface area contributed by atoms with Crippen LogP contribution in [-0.2, 0) is 13.0 Å². The molecule has 0 unspecified atom stereocenters. The lowest BCUT2D eigenvalue weighted by Gasteiger charge is -2.19. The van der Waals surface area contributed by atoms with E-state index in [0.717, 1.165) is 38.9 Å². The largest absolute Gasteiger partial charge is 0.325 e. The van der Waals surface area contributed by atoms with Crippen molar-refractivity contribution in [3.8, 4) is 0 Å². The van der Waals surface area contributed by atoms with E-state index in [1.54, 1.807) is 0 Å². The van der Waals surface area contributed by atoms with Gasteiger partial charge in [-0.2, -0.15) is 0 Å². The monoisotopic (exact) mass is 335 g/mol. The minimum Gasteiger partial charge on any atom is -0.325 e. The molecule has 0 aliphatic heterocycles. The number of hydrogen-bond acceptors (Lipinski definition) is 3. The maximum atomic E-state index is 11.2. The third-order valence-corrected chi connectivity index (χ3v) is 4.90. The van der Waals surface area contributed by atoms with Crippen molar-refractivity contribution in [3.63, 3.8) is 0 Å². The third-order valence-electron chi connectivity index (χ3n) is 4.90. The molecule has 0 saturated carbocycles. The van der Waals surface area contributed by atoms with Gasteiger partial charge in [0.1, 0.15) is 0 Å². The van der Waals surface area contributed by atoms with Gasteiger partial charge in [0, 0.05) is 25.0 Å². The second kappa shape index (κ2) is 13.2. The zero-order valence-electron chi connectivity index (χ0n) is 16.1. The number of hydrogen-bond donors (Lipinski definition) is 0. The summed E-state index contributed by atoms with van der Waals surface area (Å²) in [4.78, 5) is 17.9. The van der Waals surface area contributed by atoms with Gasteiger partial charge in [-0.05, 0) is 25.9 Å². The number of aromatic nitrogens is 2. The number of aldehydes is 1. The predicted octanol–water partition coefficient (Wildman–Crippen LogP) is 4.72. The number of nitrogens with zero attached hydrogens (tertiary/aromatic N) is 3. The lowest BCUT2D eigenvalue weighted by atomic mass is 10.1. The van der Waals surface area contributed by atoms with E-state index >= 15 is 0 Å². The normalized spacial score (nSPS) is 11.3. The Kier molecular flexibility index (Phi) is 11.5. The van der Waals surface area contributed by atoms with Gasteiger partial charge in [-0.1, -0.05) is 65.7 Å². The van der Waals surface area contributed by atoms with E-state index in [2.05, 4.69) is 35.2 Å². The van der Waals surface area contributed by atoms with Crippen LogP contribution in [-0.4, -0.2) is 40.4 Å². The number of unbranched alkanes of at least 4 members (excludes halogenated alkanes) is 7. The van der Waals surface area contributed by atoms with Crippen molar-refractivity contribution in [2.45, 2.75) is 85.1 Å². The maximum absolute atomic E-state index is 11.2. The molecule has 0 aromatic carbocycles. The highest BCUT2D eigenvalue weighted by Gasteiger charge is 2.10. The van der Waals surface area contributed by atoms with Gasteiger partial charge in [-0.3, -0.25) is 4.79 Å². The third kappa shape index (κ3) is 7.61. The highest BCUT2D eigenvalue weighted by molar-refractivity contribution is 5.69.